The lowest BCUT2D eigenvalue weighted by Crippen LogP contribution is -2.28. The highest BCUT2D eigenvalue weighted by atomic mass is 79.9. The Hall–Kier alpha value is -0.0200. The van der Waals surface area contributed by atoms with Crippen molar-refractivity contribution in [3.63, 3.8) is 0 Å². The van der Waals surface area contributed by atoms with Crippen molar-refractivity contribution in [1.29, 1.82) is 0 Å². The van der Waals surface area contributed by atoms with Crippen LogP contribution in [0, 0.1) is 11.8 Å². The van der Waals surface area contributed by atoms with Crippen LogP contribution in [0.1, 0.15) is 38.7 Å². The number of hydrogen-bond acceptors (Lipinski definition) is 1. The van der Waals surface area contributed by atoms with Gasteiger partial charge in [-0.05, 0) is 64.7 Å². The minimum Gasteiger partial charge on any atom is -0.489 e. The fourth-order valence-corrected chi connectivity index (χ4v) is 3.38. The highest BCUT2D eigenvalue weighted by Gasteiger charge is 2.26. The van der Waals surface area contributed by atoms with Gasteiger partial charge in [0.2, 0.25) is 0 Å². The van der Waals surface area contributed by atoms with Crippen molar-refractivity contribution in [2.24, 2.45) is 11.8 Å². The van der Waals surface area contributed by atoms with Gasteiger partial charge in [0.05, 0.1) is 10.6 Å². The Morgan fingerprint density at radius 2 is 2.00 bits per heavy atom. The quantitative estimate of drug-likeness (QED) is 0.629. The number of halogens is 2. The molecule has 3 atom stereocenters. The van der Waals surface area contributed by atoms with Gasteiger partial charge in [0, 0.05) is 5.33 Å². The van der Waals surface area contributed by atoms with Crippen LogP contribution in [0.15, 0.2) is 22.7 Å². The second kappa shape index (κ2) is 6.42. The van der Waals surface area contributed by atoms with Crippen LogP contribution in [0.2, 0.25) is 0 Å². The van der Waals surface area contributed by atoms with Crippen molar-refractivity contribution in [2.45, 2.75) is 44.5 Å². The lowest BCUT2D eigenvalue weighted by Gasteiger charge is -2.32. The molecule has 0 amide bonds. The van der Waals surface area contributed by atoms with Gasteiger partial charge in [-0.15, -0.1) is 0 Å². The molecule has 1 aliphatic rings. The summed E-state index contributed by atoms with van der Waals surface area (Å²) in [6.45, 7) is 4.69. The molecule has 1 aromatic carbocycles. The molecule has 1 fully saturated rings. The van der Waals surface area contributed by atoms with Crippen molar-refractivity contribution >= 4 is 31.9 Å². The van der Waals surface area contributed by atoms with Crippen LogP contribution >= 0.6 is 31.9 Å². The fraction of sp³-hybridized carbons (Fsp3) is 0.600. The van der Waals surface area contributed by atoms with E-state index in [1.54, 1.807) is 0 Å². The van der Waals surface area contributed by atoms with Gasteiger partial charge in [0.15, 0.2) is 0 Å². The zero-order valence-electron chi connectivity index (χ0n) is 11.0. The van der Waals surface area contributed by atoms with Crippen LogP contribution in [-0.2, 0) is 5.33 Å². The van der Waals surface area contributed by atoms with E-state index in [0.29, 0.717) is 6.10 Å². The van der Waals surface area contributed by atoms with E-state index in [2.05, 4.69) is 63.9 Å². The summed E-state index contributed by atoms with van der Waals surface area (Å²) in [6.07, 6.45) is 4.01. The maximum absolute atomic E-state index is 6.14. The number of rotatable bonds is 3. The smallest absolute Gasteiger partial charge is 0.133 e. The highest BCUT2D eigenvalue weighted by Crippen LogP contribution is 2.34. The molecule has 100 valence electrons. The van der Waals surface area contributed by atoms with Gasteiger partial charge in [-0.1, -0.05) is 35.8 Å². The molecule has 1 aliphatic carbocycles. The van der Waals surface area contributed by atoms with Gasteiger partial charge in [0.1, 0.15) is 5.75 Å². The molecule has 0 N–H and O–H groups in total. The molecule has 1 saturated carbocycles. The average Bonchev–Trinajstić information content (AvgIpc) is 2.36. The third-order valence-electron chi connectivity index (χ3n) is 3.99. The van der Waals surface area contributed by atoms with E-state index in [1.165, 1.54) is 24.8 Å². The Morgan fingerprint density at radius 3 is 2.61 bits per heavy atom. The molecule has 3 unspecified atom stereocenters. The van der Waals surface area contributed by atoms with E-state index >= 15 is 0 Å². The Kier molecular flexibility index (Phi) is 5.14. The predicted molar refractivity (Wildman–Crippen MR) is 83.4 cm³/mol. The lowest BCUT2D eigenvalue weighted by molar-refractivity contribution is 0.0999. The molecule has 1 nitrogen and oxygen atoms in total. The van der Waals surface area contributed by atoms with Gasteiger partial charge in [-0.2, -0.15) is 0 Å². The van der Waals surface area contributed by atoms with Gasteiger partial charge in [-0.3, -0.25) is 0 Å². The van der Waals surface area contributed by atoms with Gasteiger partial charge in [0.25, 0.3) is 0 Å². The summed E-state index contributed by atoms with van der Waals surface area (Å²) in [4.78, 5) is 0. The van der Waals surface area contributed by atoms with Crippen molar-refractivity contribution in [1.82, 2.24) is 0 Å². The molecule has 3 heteroatoms. The van der Waals surface area contributed by atoms with Crippen molar-refractivity contribution in [3.05, 3.63) is 28.2 Å². The molecule has 2 rings (SSSR count). The first-order chi connectivity index (χ1) is 8.60. The van der Waals surface area contributed by atoms with Crippen LogP contribution in [-0.4, -0.2) is 6.10 Å². The van der Waals surface area contributed by atoms with Crippen LogP contribution in [0.25, 0.3) is 0 Å². The first kappa shape index (κ1) is 14.4. The van der Waals surface area contributed by atoms with E-state index in [-0.39, 0.29) is 0 Å². The molecule has 0 radical (unpaired) electrons. The van der Waals surface area contributed by atoms with E-state index in [4.69, 9.17) is 4.74 Å². The zero-order chi connectivity index (χ0) is 13.1. The number of alkyl halides is 1. The highest BCUT2D eigenvalue weighted by molar-refractivity contribution is 9.10. The summed E-state index contributed by atoms with van der Waals surface area (Å²) in [5.74, 6) is 2.58. The summed E-state index contributed by atoms with van der Waals surface area (Å²) < 4.78 is 7.20. The third-order valence-corrected chi connectivity index (χ3v) is 5.26. The van der Waals surface area contributed by atoms with Crippen LogP contribution < -0.4 is 4.74 Å². The van der Waals surface area contributed by atoms with Crippen molar-refractivity contribution < 1.29 is 4.74 Å². The van der Waals surface area contributed by atoms with Gasteiger partial charge in [-0.25, -0.2) is 0 Å². The molecule has 18 heavy (non-hydrogen) atoms. The molecule has 0 aliphatic heterocycles. The lowest BCUT2D eigenvalue weighted by atomic mass is 9.80. The molecular weight excluding hydrogens is 356 g/mol. The Labute approximate surface area is 127 Å². The predicted octanol–water partition coefficient (Wildman–Crippen LogP) is 5.55. The maximum Gasteiger partial charge on any atom is 0.133 e. The molecule has 0 heterocycles. The monoisotopic (exact) mass is 374 g/mol. The normalized spacial score (nSPS) is 28.1. The Morgan fingerprint density at radius 1 is 1.22 bits per heavy atom. The molecule has 0 spiro atoms. The van der Waals surface area contributed by atoms with E-state index in [1.807, 2.05) is 0 Å². The van der Waals surface area contributed by atoms with Crippen molar-refractivity contribution in [3.8, 4) is 5.75 Å². The molecule has 0 bridgehead atoms. The van der Waals surface area contributed by atoms with Gasteiger partial charge >= 0.3 is 0 Å². The molecule has 0 aromatic heterocycles. The van der Waals surface area contributed by atoms with Crippen LogP contribution in [0.3, 0.4) is 0 Å². The summed E-state index contributed by atoms with van der Waals surface area (Å²) in [7, 11) is 0. The van der Waals surface area contributed by atoms with Crippen LogP contribution in [0.5, 0.6) is 5.75 Å². The summed E-state index contributed by atoms with van der Waals surface area (Å²) in [5, 5.41) is 0.879. The largest absolute Gasteiger partial charge is 0.489 e. The summed E-state index contributed by atoms with van der Waals surface area (Å²) >= 11 is 7.06. The zero-order valence-corrected chi connectivity index (χ0v) is 14.1. The van der Waals surface area contributed by atoms with E-state index in [9.17, 15) is 0 Å². The summed E-state index contributed by atoms with van der Waals surface area (Å²) in [5.41, 5.74) is 1.26. The maximum atomic E-state index is 6.14. The van der Waals surface area contributed by atoms with E-state index in [0.717, 1.165) is 27.4 Å². The minimum absolute atomic E-state index is 0.377. The van der Waals surface area contributed by atoms with Crippen molar-refractivity contribution in [2.75, 3.05) is 0 Å². The van der Waals surface area contributed by atoms with Crippen LogP contribution in [0.4, 0.5) is 0 Å². The average molecular weight is 376 g/mol. The molecule has 0 saturated heterocycles. The van der Waals surface area contributed by atoms with E-state index < -0.39 is 0 Å². The Bertz CT molecular complexity index is 405. The third kappa shape index (κ3) is 3.51. The molecule has 1 aromatic rings. The summed E-state index contributed by atoms with van der Waals surface area (Å²) in [6, 6.07) is 6.31. The second-order valence-electron chi connectivity index (χ2n) is 5.41. The van der Waals surface area contributed by atoms with Gasteiger partial charge < -0.3 is 4.74 Å². The first-order valence-corrected chi connectivity index (χ1v) is 8.52. The number of hydrogen-bond donors (Lipinski definition) is 0. The Balaban J connectivity index is 2.01. The number of ether oxygens (including phenoxy) is 1. The topological polar surface area (TPSA) is 9.23 Å². The fourth-order valence-electron chi connectivity index (χ4n) is 2.51. The number of benzene rings is 1. The second-order valence-corrected chi connectivity index (χ2v) is 6.82. The molecular formula is C15H20Br2O. The SMILES string of the molecule is CC1CCC(Oc2ccc(CBr)cc2Br)CC1C. The minimum atomic E-state index is 0.377. The first-order valence-electron chi connectivity index (χ1n) is 6.61. The standard InChI is InChI=1S/C15H20Br2O/c1-10-3-5-13(7-11(10)2)18-15-6-4-12(9-16)8-14(15)17/h4,6,8,10-11,13H,3,5,7,9H2,1-2H3.